The minimum absolute atomic E-state index is 0.338. The Morgan fingerprint density at radius 1 is 1.27 bits per heavy atom. The quantitative estimate of drug-likeness (QED) is 0.659. The number of nitrogens with zero attached hydrogens (tertiary/aromatic N) is 2. The number of carbonyl (C=O) groups is 1. The van der Waals surface area contributed by atoms with Crippen molar-refractivity contribution in [1.82, 2.24) is 0 Å². The highest BCUT2D eigenvalue weighted by molar-refractivity contribution is 5.98. The van der Waals surface area contributed by atoms with Gasteiger partial charge < -0.3 is 10.5 Å². The van der Waals surface area contributed by atoms with E-state index in [1.165, 1.54) is 0 Å². The number of amides is 1. The molecule has 110 valence electrons. The van der Waals surface area contributed by atoms with Gasteiger partial charge in [0.2, 0.25) is 0 Å². The normalized spacial score (nSPS) is 16.9. The number of rotatable bonds is 2. The standard InChI is InChI=1S/C16H13N3O3/c1-18-11-3-2-4-12(9-11)22-13-5-6-15-10(7-13)8-14(17)16(20)19(15)21/h2-7,9,14,21H,8,17H2/t14-/m0/s1. The molecule has 0 spiro atoms. The van der Waals surface area contributed by atoms with E-state index in [4.69, 9.17) is 17.0 Å². The van der Waals surface area contributed by atoms with Crippen LogP contribution in [0.3, 0.4) is 0 Å². The summed E-state index contributed by atoms with van der Waals surface area (Å²) in [6.45, 7) is 7.00. The molecule has 1 atom stereocenters. The van der Waals surface area contributed by atoms with Gasteiger partial charge in [-0.05, 0) is 42.3 Å². The smallest absolute Gasteiger partial charge is 0.267 e. The molecule has 0 unspecified atom stereocenters. The lowest BCUT2D eigenvalue weighted by Gasteiger charge is -2.27. The third-order valence-corrected chi connectivity index (χ3v) is 3.43. The minimum atomic E-state index is -0.766. The summed E-state index contributed by atoms with van der Waals surface area (Å²) in [7, 11) is 0. The number of nitrogens with two attached hydrogens (primary N) is 1. The topological polar surface area (TPSA) is 80.2 Å². The predicted molar refractivity (Wildman–Crippen MR) is 80.2 cm³/mol. The van der Waals surface area contributed by atoms with Crippen LogP contribution < -0.4 is 15.5 Å². The van der Waals surface area contributed by atoms with Crippen LogP contribution in [0.4, 0.5) is 11.4 Å². The molecule has 1 aliphatic heterocycles. The van der Waals surface area contributed by atoms with E-state index in [-0.39, 0.29) is 0 Å². The van der Waals surface area contributed by atoms with Crippen molar-refractivity contribution in [2.24, 2.45) is 5.73 Å². The molecule has 3 rings (SSSR count). The summed E-state index contributed by atoms with van der Waals surface area (Å²) in [6.07, 6.45) is 0.338. The van der Waals surface area contributed by atoms with Crippen molar-refractivity contribution >= 4 is 17.3 Å². The second-order valence-electron chi connectivity index (χ2n) is 4.96. The summed E-state index contributed by atoms with van der Waals surface area (Å²) in [6, 6.07) is 11.0. The van der Waals surface area contributed by atoms with E-state index in [1.54, 1.807) is 42.5 Å². The second kappa shape index (κ2) is 5.48. The van der Waals surface area contributed by atoms with Crippen LogP contribution in [0.25, 0.3) is 4.85 Å². The lowest BCUT2D eigenvalue weighted by atomic mass is 9.99. The lowest BCUT2D eigenvalue weighted by Crippen LogP contribution is -2.47. The lowest BCUT2D eigenvalue weighted by molar-refractivity contribution is -0.125. The number of fused-ring (bicyclic) bond motifs is 1. The zero-order valence-electron chi connectivity index (χ0n) is 11.6. The summed E-state index contributed by atoms with van der Waals surface area (Å²) in [5, 5.41) is 10.4. The average molecular weight is 295 g/mol. The first-order valence-electron chi connectivity index (χ1n) is 6.65. The van der Waals surface area contributed by atoms with Crippen LogP contribution in [0, 0.1) is 6.57 Å². The van der Waals surface area contributed by atoms with Crippen molar-refractivity contribution < 1.29 is 14.7 Å². The van der Waals surface area contributed by atoms with Gasteiger partial charge >= 0.3 is 0 Å². The fourth-order valence-electron chi connectivity index (χ4n) is 2.35. The van der Waals surface area contributed by atoms with Gasteiger partial charge in [-0.3, -0.25) is 10.0 Å². The molecule has 22 heavy (non-hydrogen) atoms. The Bertz CT molecular complexity index is 782. The van der Waals surface area contributed by atoms with E-state index in [0.29, 0.717) is 34.4 Å². The summed E-state index contributed by atoms with van der Waals surface area (Å²) in [4.78, 5) is 15.0. The molecule has 1 aliphatic rings. The van der Waals surface area contributed by atoms with Crippen molar-refractivity contribution in [3.63, 3.8) is 0 Å². The third kappa shape index (κ3) is 2.51. The van der Waals surface area contributed by atoms with Crippen molar-refractivity contribution in [3.8, 4) is 11.5 Å². The van der Waals surface area contributed by atoms with E-state index >= 15 is 0 Å². The first-order valence-corrected chi connectivity index (χ1v) is 6.65. The molecule has 0 saturated heterocycles. The van der Waals surface area contributed by atoms with Crippen LogP contribution >= 0.6 is 0 Å². The number of ether oxygens (including phenoxy) is 1. The van der Waals surface area contributed by atoms with E-state index in [1.807, 2.05) is 0 Å². The number of hydrogen-bond donors (Lipinski definition) is 2. The molecule has 0 fully saturated rings. The maximum absolute atomic E-state index is 11.6. The van der Waals surface area contributed by atoms with Crippen molar-refractivity contribution in [2.45, 2.75) is 12.5 Å². The molecule has 0 aliphatic carbocycles. The number of hydroxylamine groups is 1. The molecule has 6 nitrogen and oxygen atoms in total. The summed E-state index contributed by atoms with van der Waals surface area (Å²) in [5.74, 6) is 0.576. The van der Waals surface area contributed by atoms with E-state index < -0.39 is 11.9 Å². The highest BCUT2D eigenvalue weighted by Crippen LogP contribution is 2.32. The molecule has 0 bridgehead atoms. The SMILES string of the molecule is [C-]#[N+]c1cccc(Oc2ccc3c(c2)C[C@H](N)C(=O)N3O)c1. The van der Waals surface area contributed by atoms with Crippen LogP contribution in [0.2, 0.25) is 0 Å². The molecule has 1 amide bonds. The maximum Gasteiger partial charge on any atom is 0.267 e. The van der Waals surface area contributed by atoms with Gasteiger partial charge in [-0.2, -0.15) is 5.06 Å². The molecular formula is C16H13N3O3. The molecule has 3 N–H and O–H groups in total. The van der Waals surface area contributed by atoms with Crippen LogP contribution in [0.5, 0.6) is 11.5 Å². The molecule has 2 aromatic carbocycles. The molecule has 0 radical (unpaired) electrons. The number of benzene rings is 2. The highest BCUT2D eigenvalue weighted by atomic mass is 16.5. The summed E-state index contributed by atoms with van der Waals surface area (Å²) < 4.78 is 5.72. The zero-order valence-corrected chi connectivity index (χ0v) is 11.6. The van der Waals surface area contributed by atoms with Gasteiger partial charge in [0.25, 0.3) is 5.91 Å². The molecular weight excluding hydrogens is 282 g/mol. The van der Waals surface area contributed by atoms with Crippen LogP contribution in [0.1, 0.15) is 5.56 Å². The third-order valence-electron chi connectivity index (χ3n) is 3.43. The molecule has 0 aromatic heterocycles. The van der Waals surface area contributed by atoms with Gasteiger partial charge in [-0.1, -0.05) is 12.1 Å². The van der Waals surface area contributed by atoms with Crippen molar-refractivity contribution in [3.05, 3.63) is 59.4 Å². The first kappa shape index (κ1) is 14.1. The number of carbonyl (C=O) groups excluding carboxylic acids is 1. The Hall–Kier alpha value is -2.88. The fourth-order valence-corrected chi connectivity index (χ4v) is 2.35. The predicted octanol–water partition coefficient (Wildman–Crippen LogP) is 2.64. The molecule has 2 aromatic rings. The van der Waals surface area contributed by atoms with Crippen LogP contribution in [-0.4, -0.2) is 17.2 Å². The minimum Gasteiger partial charge on any atom is -0.459 e. The van der Waals surface area contributed by atoms with E-state index in [9.17, 15) is 10.0 Å². The Labute approximate surface area is 127 Å². The first-order chi connectivity index (χ1) is 10.6. The van der Waals surface area contributed by atoms with Gasteiger partial charge in [-0.15, -0.1) is 0 Å². The highest BCUT2D eigenvalue weighted by Gasteiger charge is 2.29. The van der Waals surface area contributed by atoms with Gasteiger partial charge in [0.1, 0.15) is 11.5 Å². The van der Waals surface area contributed by atoms with E-state index in [0.717, 1.165) is 5.56 Å². The number of hydrogen-bond acceptors (Lipinski definition) is 4. The molecule has 0 saturated carbocycles. The van der Waals surface area contributed by atoms with E-state index in [2.05, 4.69) is 4.85 Å². The Balaban J connectivity index is 1.89. The van der Waals surface area contributed by atoms with Crippen LogP contribution in [-0.2, 0) is 11.2 Å². The van der Waals surface area contributed by atoms with Crippen molar-refractivity contribution in [1.29, 1.82) is 0 Å². The Morgan fingerprint density at radius 2 is 2.05 bits per heavy atom. The Kier molecular flexibility index (Phi) is 3.51. The number of anilines is 1. The average Bonchev–Trinajstić information content (AvgIpc) is 2.53. The van der Waals surface area contributed by atoms with Gasteiger partial charge in [0.05, 0.1) is 18.3 Å². The van der Waals surface area contributed by atoms with Gasteiger partial charge in [0, 0.05) is 0 Å². The fraction of sp³-hybridized carbons (Fsp3) is 0.125. The zero-order chi connectivity index (χ0) is 15.7. The van der Waals surface area contributed by atoms with Gasteiger partial charge in [0.15, 0.2) is 5.69 Å². The Morgan fingerprint density at radius 3 is 2.82 bits per heavy atom. The molecule has 6 heteroatoms. The molecule has 1 heterocycles. The van der Waals surface area contributed by atoms with Crippen LogP contribution in [0.15, 0.2) is 42.5 Å². The van der Waals surface area contributed by atoms with Gasteiger partial charge in [-0.25, -0.2) is 4.85 Å². The largest absolute Gasteiger partial charge is 0.459 e. The monoisotopic (exact) mass is 295 g/mol. The second-order valence-corrected chi connectivity index (χ2v) is 4.96. The van der Waals surface area contributed by atoms with Crippen molar-refractivity contribution in [2.75, 3.05) is 5.06 Å². The summed E-state index contributed by atoms with van der Waals surface area (Å²) in [5.41, 5.74) is 7.33. The maximum atomic E-state index is 11.6. The summed E-state index contributed by atoms with van der Waals surface area (Å²) >= 11 is 0.